The van der Waals surface area contributed by atoms with Crippen molar-refractivity contribution in [2.45, 2.75) is 5.03 Å². The molecule has 0 saturated carbocycles. The maximum Gasteiger partial charge on any atom is 0.206 e. The van der Waals surface area contributed by atoms with E-state index in [1.807, 2.05) is 30.3 Å². The minimum Gasteiger partial charge on any atom is -0.304 e. The second-order valence-electron chi connectivity index (χ2n) is 3.31. The van der Waals surface area contributed by atoms with Crippen LogP contribution in [0.3, 0.4) is 0 Å². The van der Waals surface area contributed by atoms with E-state index in [1.54, 1.807) is 5.49 Å². The lowest BCUT2D eigenvalue weighted by Gasteiger charge is -2.05. The summed E-state index contributed by atoms with van der Waals surface area (Å²) in [5.74, 6) is 0. The van der Waals surface area contributed by atoms with Crippen LogP contribution in [0.2, 0.25) is 0 Å². The molecular formula is C11H8ClN3S. The summed E-state index contributed by atoms with van der Waals surface area (Å²) in [6.07, 6.45) is 0. The minimum absolute atomic E-state index is 0.299. The molecule has 0 aliphatic carbocycles. The monoisotopic (exact) mass is 249 g/mol. The first-order valence-electron chi connectivity index (χ1n) is 4.75. The van der Waals surface area contributed by atoms with E-state index >= 15 is 0 Å². The molecule has 1 aromatic heterocycles. The van der Waals surface area contributed by atoms with Gasteiger partial charge >= 0.3 is 0 Å². The Hall–Kier alpha value is -1.39. The highest BCUT2D eigenvalue weighted by Crippen LogP contribution is 2.25. The van der Waals surface area contributed by atoms with Gasteiger partial charge in [-0.05, 0) is 34.4 Å². The van der Waals surface area contributed by atoms with Gasteiger partial charge in [-0.15, -0.1) is 0 Å². The number of nitrogens with zero attached hydrogens (tertiary/aromatic N) is 2. The number of hydrogen-bond acceptors (Lipinski definition) is 3. The van der Waals surface area contributed by atoms with Crippen molar-refractivity contribution in [3.8, 4) is 0 Å². The Labute approximate surface area is 100 Å². The zero-order chi connectivity index (χ0) is 11.0. The number of amidine groups is 1. The van der Waals surface area contributed by atoms with Crippen LogP contribution < -0.4 is 4.72 Å². The summed E-state index contributed by atoms with van der Waals surface area (Å²) in [5.41, 5.74) is 2.78. The van der Waals surface area contributed by atoms with E-state index in [2.05, 4.69) is 20.8 Å². The van der Waals surface area contributed by atoms with Crippen LogP contribution in [-0.4, -0.2) is 15.8 Å². The highest BCUT2D eigenvalue weighted by Gasteiger charge is 2.08. The van der Waals surface area contributed by atoms with Gasteiger partial charge < -0.3 is 4.72 Å². The molecule has 2 aromatic rings. The molecule has 3 rings (SSSR count). The summed E-state index contributed by atoms with van der Waals surface area (Å²) >= 11 is 5.76. The van der Waals surface area contributed by atoms with Crippen LogP contribution >= 0.6 is 22.3 Å². The van der Waals surface area contributed by atoms with Gasteiger partial charge in [-0.25, -0.2) is 9.98 Å². The molecule has 1 atom stereocenters. The van der Waals surface area contributed by atoms with Crippen molar-refractivity contribution in [3.63, 3.8) is 0 Å². The van der Waals surface area contributed by atoms with E-state index in [0.717, 1.165) is 15.9 Å². The zero-order valence-corrected chi connectivity index (χ0v) is 9.79. The zero-order valence-electron chi connectivity index (χ0n) is 8.22. The SMILES string of the molecule is ClC1=NC=S(c2ccc3ccccc3n2)N1. The molecule has 1 aliphatic rings. The summed E-state index contributed by atoms with van der Waals surface area (Å²) in [7, 11) is -0.299. The number of aromatic nitrogens is 1. The molecule has 1 unspecified atom stereocenters. The summed E-state index contributed by atoms with van der Waals surface area (Å²) in [4.78, 5) is 8.57. The fourth-order valence-electron chi connectivity index (χ4n) is 1.52. The largest absolute Gasteiger partial charge is 0.304 e. The van der Waals surface area contributed by atoms with Gasteiger partial charge in [0, 0.05) is 5.39 Å². The standard InChI is InChI=1S/C11H8ClN3S/c12-11-13-7-16(15-11)10-6-5-8-3-1-2-4-9(8)14-10/h1-7H,(H,13,15). The third-order valence-electron chi connectivity index (χ3n) is 2.26. The van der Waals surface area contributed by atoms with Crippen molar-refractivity contribution in [2.75, 3.05) is 0 Å². The maximum absolute atomic E-state index is 5.76. The third-order valence-corrected chi connectivity index (χ3v) is 3.98. The van der Waals surface area contributed by atoms with Crippen LogP contribution in [0.25, 0.3) is 10.9 Å². The highest BCUT2D eigenvalue weighted by atomic mass is 35.5. The Bertz CT molecular complexity index is 621. The first kappa shape index (κ1) is 9.81. The van der Waals surface area contributed by atoms with Crippen molar-refractivity contribution in [1.29, 1.82) is 0 Å². The lowest BCUT2D eigenvalue weighted by atomic mass is 10.2. The van der Waals surface area contributed by atoms with Gasteiger partial charge in [0.05, 0.1) is 11.0 Å². The maximum atomic E-state index is 5.76. The van der Waals surface area contributed by atoms with E-state index in [1.165, 1.54) is 0 Å². The first-order valence-corrected chi connectivity index (χ1v) is 6.42. The van der Waals surface area contributed by atoms with Crippen molar-refractivity contribution < 1.29 is 0 Å². The smallest absolute Gasteiger partial charge is 0.206 e. The van der Waals surface area contributed by atoms with Gasteiger partial charge in [-0.3, -0.25) is 0 Å². The number of aliphatic imine (C=N–C) groups is 1. The predicted octanol–water partition coefficient (Wildman–Crippen LogP) is 2.74. The summed E-state index contributed by atoms with van der Waals surface area (Å²) < 4.78 is 3.06. The molecule has 0 amide bonds. The molecule has 1 aromatic carbocycles. The highest BCUT2D eigenvalue weighted by molar-refractivity contribution is 8.14. The van der Waals surface area contributed by atoms with Crippen molar-refractivity contribution >= 4 is 44.0 Å². The molecule has 3 nitrogen and oxygen atoms in total. The first-order chi connectivity index (χ1) is 7.83. The average Bonchev–Trinajstić information content (AvgIpc) is 2.75. The number of para-hydroxylation sites is 1. The number of hydrogen-bond donors (Lipinski definition) is 1. The molecule has 0 spiro atoms. The quantitative estimate of drug-likeness (QED) is 0.623. The van der Waals surface area contributed by atoms with Crippen LogP contribution in [0, 0.1) is 0 Å². The van der Waals surface area contributed by atoms with Gasteiger partial charge in [-0.1, -0.05) is 24.3 Å². The third kappa shape index (κ3) is 1.70. The van der Waals surface area contributed by atoms with Crippen LogP contribution in [0.1, 0.15) is 0 Å². The Morgan fingerprint density at radius 3 is 2.81 bits per heavy atom. The number of pyridine rings is 1. The van der Waals surface area contributed by atoms with E-state index in [4.69, 9.17) is 11.6 Å². The topological polar surface area (TPSA) is 37.3 Å². The Morgan fingerprint density at radius 2 is 2.00 bits per heavy atom. The number of rotatable bonds is 1. The molecule has 80 valence electrons. The van der Waals surface area contributed by atoms with Crippen LogP contribution in [0.5, 0.6) is 0 Å². The normalized spacial score (nSPS) is 19.1. The molecule has 0 bridgehead atoms. The molecule has 5 heteroatoms. The van der Waals surface area contributed by atoms with Crippen LogP contribution in [0.15, 0.2) is 46.4 Å². The van der Waals surface area contributed by atoms with Gasteiger partial charge in [0.15, 0.2) is 0 Å². The Balaban J connectivity index is 2.06. The molecular weight excluding hydrogens is 242 g/mol. The Morgan fingerprint density at radius 1 is 1.12 bits per heavy atom. The molecule has 1 N–H and O–H groups in total. The second kappa shape index (κ2) is 3.88. The van der Waals surface area contributed by atoms with E-state index in [-0.39, 0.29) is 10.7 Å². The predicted molar refractivity (Wildman–Crippen MR) is 70.1 cm³/mol. The number of nitrogens with one attached hydrogen (secondary N) is 1. The van der Waals surface area contributed by atoms with Crippen molar-refractivity contribution in [3.05, 3.63) is 36.4 Å². The molecule has 1 aliphatic heterocycles. The van der Waals surface area contributed by atoms with Gasteiger partial charge in [0.25, 0.3) is 0 Å². The Kier molecular flexibility index (Phi) is 2.38. The number of benzene rings is 1. The average molecular weight is 250 g/mol. The van der Waals surface area contributed by atoms with Crippen LogP contribution in [-0.2, 0) is 0 Å². The molecule has 0 saturated heterocycles. The lowest BCUT2D eigenvalue weighted by molar-refractivity contribution is 1.18. The van der Waals surface area contributed by atoms with E-state index in [0.29, 0.717) is 5.29 Å². The van der Waals surface area contributed by atoms with Crippen molar-refractivity contribution in [2.24, 2.45) is 4.99 Å². The number of fused-ring (bicyclic) bond motifs is 1. The summed E-state index contributed by atoms with van der Waals surface area (Å²) in [5, 5.41) is 2.53. The van der Waals surface area contributed by atoms with E-state index in [9.17, 15) is 0 Å². The van der Waals surface area contributed by atoms with Gasteiger partial charge in [-0.2, -0.15) is 0 Å². The number of halogens is 1. The molecule has 0 radical (unpaired) electrons. The summed E-state index contributed by atoms with van der Waals surface area (Å²) in [6.45, 7) is 0. The van der Waals surface area contributed by atoms with Crippen molar-refractivity contribution in [1.82, 2.24) is 9.71 Å². The fraction of sp³-hybridized carbons (Fsp3) is 0. The van der Waals surface area contributed by atoms with E-state index < -0.39 is 0 Å². The summed E-state index contributed by atoms with van der Waals surface area (Å²) in [6, 6.07) is 12.1. The lowest BCUT2D eigenvalue weighted by Crippen LogP contribution is -2.06. The minimum atomic E-state index is -0.299. The molecule has 0 fully saturated rings. The fourth-order valence-corrected chi connectivity index (χ4v) is 3.00. The molecule has 16 heavy (non-hydrogen) atoms. The molecule has 2 heterocycles. The van der Waals surface area contributed by atoms with Gasteiger partial charge in [0.1, 0.15) is 5.03 Å². The second-order valence-corrected chi connectivity index (χ2v) is 5.17. The van der Waals surface area contributed by atoms with Crippen LogP contribution in [0.4, 0.5) is 0 Å². The van der Waals surface area contributed by atoms with Gasteiger partial charge in [0.2, 0.25) is 5.29 Å².